The van der Waals surface area contributed by atoms with E-state index in [-0.39, 0.29) is 5.91 Å². The number of fused-ring (bicyclic) bond motifs is 1. The molecule has 1 amide bonds. The predicted molar refractivity (Wildman–Crippen MR) is 99.3 cm³/mol. The number of aryl methyl sites for hydroxylation is 1. The smallest absolute Gasteiger partial charge is 0.279 e. The molecule has 3 rings (SSSR count). The van der Waals surface area contributed by atoms with Gasteiger partial charge >= 0.3 is 0 Å². The van der Waals surface area contributed by atoms with Gasteiger partial charge in [0.05, 0.1) is 23.9 Å². The minimum atomic E-state index is -0.283. The number of carbonyl (C=O) groups is 1. The van der Waals surface area contributed by atoms with Crippen LogP contribution in [0.4, 0.5) is 0 Å². The third-order valence-corrected chi connectivity index (χ3v) is 4.98. The summed E-state index contributed by atoms with van der Waals surface area (Å²) in [5.74, 6) is 0.356. The molecule has 2 aromatic carbocycles. The van der Waals surface area contributed by atoms with Crippen LogP contribution in [0.1, 0.15) is 15.9 Å². The highest BCUT2D eigenvalue weighted by atomic mass is 32.1. The Hall–Kier alpha value is -2.44. The summed E-state index contributed by atoms with van der Waals surface area (Å²) in [6.07, 6.45) is 0. The van der Waals surface area contributed by atoms with Crippen molar-refractivity contribution in [2.24, 2.45) is 4.99 Å². The standard InChI is InChI=1S/C19H20N2O3S/c1-13-6-4-9-16-17(13)21(10-11-23-2)19(25-16)20-18(22)14-7-5-8-15(12-14)24-3/h4-9,12H,10-11H2,1-3H3. The van der Waals surface area contributed by atoms with Crippen LogP contribution in [0, 0.1) is 6.92 Å². The second-order valence-electron chi connectivity index (χ2n) is 5.60. The first kappa shape index (κ1) is 17.4. The maximum atomic E-state index is 12.6. The summed E-state index contributed by atoms with van der Waals surface area (Å²) >= 11 is 1.51. The average Bonchev–Trinajstić information content (AvgIpc) is 2.98. The van der Waals surface area contributed by atoms with Crippen LogP contribution in [0.15, 0.2) is 47.5 Å². The molecule has 5 nitrogen and oxygen atoms in total. The summed E-state index contributed by atoms with van der Waals surface area (Å²) in [6, 6.07) is 13.2. The number of nitrogens with zero attached hydrogens (tertiary/aromatic N) is 2. The van der Waals surface area contributed by atoms with Gasteiger partial charge in [0.1, 0.15) is 5.75 Å². The summed E-state index contributed by atoms with van der Waals surface area (Å²) in [6.45, 7) is 3.26. The molecule has 0 radical (unpaired) electrons. The van der Waals surface area contributed by atoms with Crippen LogP contribution < -0.4 is 9.54 Å². The van der Waals surface area contributed by atoms with Gasteiger partial charge in [0.15, 0.2) is 4.80 Å². The van der Waals surface area contributed by atoms with E-state index in [0.29, 0.717) is 29.3 Å². The number of para-hydroxylation sites is 1. The molecule has 0 atom stereocenters. The Morgan fingerprint density at radius 3 is 2.76 bits per heavy atom. The Balaban J connectivity index is 2.11. The second kappa shape index (κ2) is 7.63. The lowest BCUT2D eigenvalue weighted by atomic mass is 10.2. The SMILES string of the molecule is COCCn1c(=NC(=O)c2cccc(OC)c2)sc2cccc(C)c21. The van der Waals surface area contributed by atoms with Crippen molar-refractivity contribution in [1.29, 1.82) is 0 Å². The molecule has 0 aliphatic heterocycles. The minimum Gasteiger partial charge on any atom is -0.497 e. The molecular weight excluding hydrogens is 336 g/mol. The average molecular weight is 356 g/mol. The number of hydrogen-bond acceptors (Lipinski definition) is 4. The van der Waals surface area contributed by atoms with E-state index in [2.05, 4.69) is 22.5 Å². The molecule has 0 fully saturated rings. The topological polar surface area (TPSA) is 52.8 Å². The van der Waals surface area contributed by atoms with Crippen molar-refractivity contribution in [2.45, 2.75) is 13.5 Å². The first-order valence-corrected chi connectivity index (χ1v) is 8.76. The normalized spacial score (nSPS) is 11.9. The van der Waals surface area contributed by atoms with Gasteiger partial charge in [-0.15, -0.1) is 0 Å². The lowest BCUT2D eigenvalue weighted by Gasteiger charge is -2.06. The van der Waals surface area contributed by atoms with Crippen LogP contribution >= 0.6 is 11.3 Å². The van der Waals surface area contributed by atoms with E-state index in [4.69, 9.17) is 9.47 Å². The largest absolute Gasteiger partial charge is 0.497 e. The van der Waals surface area contributed by atoms with Gasteiger partial charge in [0, 0.05) is 19.2 Å². The van der Waals surface area contributed by atoms with Gasteiger partial charge in [0.25, 0.3) is 5.91 Å². The van der Waals surface area contributed by atoms with E-state index >= 15 is 0 Å². The van der Waals surface area contributed by atoms with Gasteiger partial charge in [0.2, 0.25) is 0 Å². The van der Waals surface area contributed by atoms with E-state index in [9.17, 15) is 4.79 Å². The van der Waals surface area contributed by atoms with Crippen molar-refractivity contribution >= 4 is 27.5 Å². The van der Waals surface area contributed by atoms with Crippen LogP contribution in [-0.4, -0.2) is 31.3 Å². The number of carbonyl (C=O) groups excluding carboxylic acids is 1. The van der Waals surface area contributed by atoms with E-state index in [1.807, 2.05) is 12.1 Å². The molecule has 1 heterocycles. The highest BCUT2D eigenvalue weighted by Crippen LogP contribution is 2.21. The Kier molecular flexibility index (Phi) is 5.31. The zero-order valence-electron chi connectivity index (χ0n) is 14.5. The van der Waals surface area contributed by atoms with Crippen LogP contribution in [0.25, 0.3) is 10.2 Å². The highest BCUT2D eigenvalue weighted by molar-refractivity contribution is 7.16. The van der Waals surface area contributed by atoms with Crippen LogP contribution in [0.3, 0.4) is 0 Å². The quantitative estimate of drug-likeness (QED) is 0.704. The first-order valence-electron chi connectivity index (χ1n) is 7.95. The number of thiazole rings is 1. The lowest BCUT2D eigenvalue weighted by Crippen LogP contribution is -2.19. The molecule has 0 aliphatic rings. The third-order valence-electron chi connectivity index (χ3n) is 3.94. The van der Waals surface area contributed by atoms with Gasteiger partial charge in [-0.25, -0.2) is 0 Å². The molecule has 0 unspecified atom stereocenters. The third kappa shape index (κ3) is 3.65. The molecule has 0 spiro atoms. The molecule has 0 saturated carbocycles. The zero-order chi connectivity index (χ0) is 17.8. The first-order chi connectivity index (χ1) is 12.1. The van der Waals surface area contributed by atoms with E-state index in [1.165, 1.54) is 11.3 Å². The number of hydrogen-bond donors (Lipinski definition) is 0. The van der Waals surface area contributed by atoms with Gasteiger partial charge in [-0.05, 0) is 36.8 Å². The number of ether oxygens (including phenoxy) is 2. The Morgan fingerprint density at radius 1 is 1.20 bits per heavy atom. The number of rotatable bonds is 5. The molecule has 1 aromatic heterocycles. The number of amides is 1. The zero-order valence-corrected chi connectivity index (χ0v) is 15.3. The van der Waals surface area contributed by atoms with Crippen molar-refractivity contribution in [3.63, 3.8) is 0 Å². The fourth-order valence-corrected chi connectivity index (χ4v) is 3.82. The Labute approximate surface area is 150 Å². The van der Waals surface area contributed by atoms with Crippen molar-refractivity contribution in [3.05, 3.63) is 58.4 Å². The summed E-state index contributed by atoms with van der Waals surface area (Å²) < 4.78 is 13.6. The number of aromatic nitrogens is 1. The molecule has 0 bridgehead atoms. The second-order valence-corrected chi connectivity index (χ2v) is 6.61. The lowest BCUT2D eigenvalue weighted by molar-refractivity contribution is 0.0997. The fourth-order valence-electron chi connectivity index (χ4n) is 2.69. The molecule has 0 saturated heterocycles. The summed E-state index contributed by atoms with van der Waals surface area (Å²) in [7, 11) is 3.24. The number of benzene rings is 2. The summed E-state index contributed by atoms with van der Waals surface area (Å²) in [5, 5.41) is 0. The van der Waals surface area contributed by atoms with E-state index in [1.54, 1.807) is 38.5 Å². The van der Waals surface area contributed by atoms with Crippen LogP contribution in [-0.2, 0) is 11.3 Å². The predicted octanol–water partition coefficient (Wildman–Crippen LogP) is 3.41. The van der Waals surface area contributed by atoms with Gasteiger partial charge in [-0.2, -0.15) is 4.99 Å². The van der Waals surface area contributed by atoms with Gasteiger partial charge in [-0.3, -0.25) is 4.79 Å². The van der Waals surface area contributed by atoms with Gasteiger partial charge in [-0.1, -0.05) is 29.5 Å². The van der Waals surface area contributed by atoms with Crippen LogP contribution in [0.5, 0.6) is 5.75 Å². The maximum absolute atomic E-state index is 12.6. The summed E-state index contributed by atoms with van der Waals surface area (Å²) in [5.41, 5.74) is 2.76. The van der Waals surface area contributed by atoms with E-state index in [0.717, 1.165) is 15.8 Å². The van der Waals surface area contributed by atoms with Crippen molar-refractivity contribution < 1.29 is 14.3 Å². The monoisotopic (exact) mass is 356 g/mol. The number of methoxy groups -OCH3 is 2. The van der Waals surface area contributed by atoms with Crippen LogP contribution in [0.2, 0.25) is 0 Å². The molecule has 0 N–H and O–H groups in total. The molecule has 130 valence electrons. The van der Waals surface area contributed by atoms with Crippen molar-refractivity contribution in [3.8, 4) is 5.75 Å². The minimum absolute atomic E-state index is 0.283. The fraction of sp³-hybridized carbons (Fsp3) is 0.263. The van der Waals surface area contributed by atoms with Crippen molar-refractivity contribution in [2.75, 3.05) is 20.8 Å². The summed E-state index contributed by atoms with van der Waals surface area (Å²) in [4.78, 5) is 17.7. The molecule has 6 heteroatoms. The highest BCUT2D eigenvalue weighted by Gasteiger charge is 2.11. The Morgan fingerprint density at radius 2 is 2.00 bits per heavy atom. The molecule has 25 heavy (non-hydrogen) atoms. The van der Waals surface area contributed by atoms with Gasteiger partial charge < -0.3 is 14.0 Å². The molecule has 0 aliphatic carbocycles. The Bertz CT molecular complexity index is 972. The van der Waals surface area contributed by atoms with Crippen molar-refractivity contribution in [1.82, 2.24) is 4.57 Å². The molecular formula is C19H20N2O3S. The maximum Gasteiger partial charge on any atom is 0.279 e. The molecule has 3 aromatic rings. The van der Waals surface area contributed by atoms with E-state index < -0.39 is 0 Å².